The minimum absolute atomic E-state index is 0.292. The number of hydrogen-bond donors (Lipinski definition) is 1. The zero-order chi connectivity index (χ0) is 14.5. The highest BCUT2D eigenvalue weighted by atomic mass is 79.9. The molecule has 0 aliphatic rings. The van der Waals surface area contributed by atoms with Gasteiger partial charge >= 0.3 is 0 Å². The lowest BCUT2D eigenvalue weighted by Gasteiger charge is -2.11. The highest BCUT2D eigenvalue weighted by Gasteiger charge is 2.09. The third-order valence-corrected chi connectivity index (χ3v) is 5.29. The van der Waals surface area contributed by atoms with Crippen LogP contribution in [0.25, 0.3) is 0 Å². The molecule has 1 unspecified atom stereocenters. The molecule has 0 saturated carbocycles. The number of thioether (sulfide) groups is 1. The average molecular weight is 420 g/mol. The Morgan fingerprint density at radius 1 is 1.15 bits per heavy atom. The molecule has 0 aliphatic carbocycles. The molecular weight excluding hydrogens is 407 g/mol. The van der Waals surface area contributed by atoms with E-state index in [1.165, 1.54) is 12.1 Å². The second-order valence-electron chi connectivity index (χ2n) is 4.38. The van der Waals surface area contributed by atoms with Crippen LogP contribution in [0, 0.1) is 5.82 Å². The van der Waals surface area contributed by atoms with Crippen LogP contribution in [-0.2, 0) is 6.42 Å². The molecule has 106 valence electrons. The highest BCUT2D eigenvalue weighted by Crippen LogP contribution is 2.28. The van der Waals surface area contributed by atoms with Gasteiger partial charge in [0.25, 0.3) is 0 Å². The summed E-state index contributed by atoms with van der Waals surface area (Å²) < 4.78 is 15.0. The van der Waals surface area contributed by atoms with Crippen LogP contribution in [0.4, 0.5) is 4.39 Å². The van der Waals surface area contributed by atoms with E-state index in [2.05, 4.69) is 31.9 Å². The van der Waals surface area contributed by atoms with E-state index in [9.17, 15) is 9.50 Å². The molecule has 2 aromatic rings. The third kappa shape index (κ3) is 4.88. The van der Waals surface area contributed by atoms with Crippen LogP contribution in [0.2, 0.25) is 0 Å². The molecule has 1 nitrogen and oxygen atoms in total. The van der Waals surface area contributed by atoms with E-state index in [0.717, 1.165) is 14.9 Å². The van der Waals surface area contributed by atoms with Crippen molar-refractivity contribution in [2.24, 2.45) is 0 Å². The fourth-order valence-electron chi connectivity index (χ4n) is 1.81. The maximum atomic E-state index is 13.3. The molecule has 1 atom stereocenters. The van der Waals surface area contributed by atoms with Gasteiger partial charge < -0.3 is 5.11 Å². The molecule has 0 amide bonds. The summed E-state index contributed by atoms with van der Waals surface area (Å²) >= 11 is 8.31. The Morgan fingerprint density at radius 3 is 2.60 bits per heavy atom. The summed E-state index contributed by atoms with van der Waals surface area (Å²) in [5.41, 5.74) is 0.789. The summed E-state index contributed by atoms with van der Waals surface area (Å²) in [4.78, 5) is 1.09. The standard InChI is InChI=1S/C15H13Br2FOS/c16-11-5-10(6-12(18)8-11)7-13(19)9-20-15-4-2-1-3-14(15)17/h1-6,8,13,19H,7,9H2. The molecule has 0 radical (unpaired) electrons. The Bertz CT molecular complexity index is 572. The average Bonchev–Trinajstić information content (AvgIpc) is 2.36. The largest absolute Gasteiger partial charge is 0.392 e. The van der Waals surface area contributed by atoms with Crippen LogP contribution < -0.4 is 0 Å². The van der Waals surface area contributed by atoms with Crippen LogP contribution in [0.5, 0.6) is 0 Å². The monoisotopic (exact) mass is 418 g/mol. The van der Waals surface area contributed by atoms with Crippen molar-refractivity contribution in [2.75, 3.05) is 5.75 Å². The topological polar surface area (TPSA) is 20.2 Å². The molecule has 2 aromatic carbocycles. The zero-order valence-electron chi connectivity index (χ0n) is 10.5. The Hall–Kier alpha value is -0.360. The third-order valence-electron chi connectivity index (χ3n) is 2.66. The van der Waals surface area contributed by atoms with Crippen LogP contribution >= 0.6 is 43.6 Å². The van der Waals surface area contributed by atoms with E-state index in [0.29, 0.717) is 16.6 Å². The van der Waals surface area contributed by atoms with Crippen LogP contribution in [0.15, 0.2) is 56.3 Å². The summed E-state index contributed by atoms with van der Waals surface area (Å²) in [5, 5.41) is 10.1. The van der Waals surface area contributed by atoms with E-state index in [1.807, 2.05) is 30.3 Å². The van der Waals surface area contributed by atoms with E-state index in [4.69, 9.17) is 0 Å². The van der Waals surface area contributed by atoms with Crippen LogP contribution in [0.1, 0.15) is 5.56 Å². The lowest BCUT2D eigenvalue weighted by molar-refractivity contribution is 0.200. The number of benzene rings is 2. The van der Waals surface area contributed by atoms with Crippen molar-refractivity contribution in [3.8, 4) is 0 Å². The van der Waals surface area contributed by atoms with Crippen molar-refractivity contribution in [3.63, 3.8) is 0 Å². The van der Waals surface area contributed by atoms with E-state index >= 15 is 0 Å². The molecule has 0 bridgehead atoms. The van der Waals surface area contributed by atoms with E-state index in [-0.39, 0.29) is 5.82 Å². The maximum absolute atomic E-state index is 13.3. The first kappa shape index (κ1) is 16.0. The summed E-state index contributed by atoms with van der Waals surface area (Å²) in [6, 6.07) is 12.6. The normalized spacial score (nSPS) is 12.4. The van der Waals surface area contributed by atoms with Gasteiger partial charge in [0.05, 0.1) is 6.10 Å². The summed E-state index contributed by atoms with van der Waals surface area (Å²) in [7, 11) is 0. The quantitative estimate of drug-likeness (QED) is 0.684. The molecule has 0 saturated heterocycles. The summed E-state index contributed by atoms with van der Waals surface area (Å²) in [6.45, 7) is 0. The molecule has 20 heavy (non-hydrogen) atoms. The molecular formula is C15H13Br2FOS. The number of aliphatic hydroxyl groups is 1. The molecule has 1 N–H and O–H groups in total. The smallest absolute Gasteiger partial charge is 0.124 e. The van der Waals surface area contributed by atoms with Gasteiger partial charge in [0.2, 0.25) is 0 Å². The van der Waals surface area contributed by atoms with Crippen molar-refractivity contribution in [1.29, 1.82) is 0 Å². The minimum atomic E-state index is -0.513. The maximum Gasteiger partial charge on any atom is 0.124 e. The number of halogens is 3. The van der Waals surface area contributed by atoms with Gasteiger partial charge in [-0.1, -0.05) is 28.1 Å². The molecule has 0 fully saturated rings. The van der Waals surface area contributed by atoms with Crippen molar-refractivity contribution in [1.82, 2.24) is 0 Å². The number of hydrogen-bond acceptors (Lipinski definition) is 2. The van der Waals surface area contributed by atoms with Gasteiger partial charge in [-0.05, 0) is 58.2 Å². The zero-order valence-corrected chi connectivity index (χ0v) is 14.5. The van der Waals surface area contributed by atoms with Gasteiger partial charge in [-0.25, -0.2) is 4.39 Å². The van der Waals surface area contributed by atoms with Crippen molar-refractivity contribution in [2.45, 2.75) is 17.4 Å². The Balaban J connectivity index is 1.92. The van der Waals surface area contributed by atoms with Crippen molar-refractivity contribution in [3.05, 3.63) is 62.8 Å². The second-order valence-corrected chi connectivity index (χ2v) is 7.21. The predicted molar refractivity (Wildman–Crippen MR) is 88.7 cm³/mol. The first-order chi connectivity index (χ1) is 9.54. The Kier molecular flexibility index (Phi) is 6.08. The number of rotatable bonds is 5. The predicted octanol–water partition coefficient (Wildman–Crippen LogP) is 5.05. The second kappa shape index (κ2) is 7.59. The summed E-state index contributed by atoms with van der Waals surface area (Å²) in [6.07, 6.45) is -0.0748. The van der Waals surface area contributed by atoms with Crippen LogP contribution in [-0.4, -0.2) is 17.0 Å². The van der Waals surface area contributed by atoms with Gasteiger partial charge in [0, 0.05) is 19.6 Å². The molecule has 0 spiro atoms. The molecule has 5 heteroatoms. The first-order valence-electron chi connectivity index (χ1n) is 6.05. The lowest BCUT2D eigenvalue weighted by Crippen LogP contribution is -2.13. The van der Waals surface area contributed by atoms with Crippen molar-refractivity contribution >= 4 is 43.6 Å². The molecule has 2 rings (SSSR count). The summed E-state index contributed by atoms with van der Waals surface area (Å²) in [5.74, 6) is 0.275. The first-order valence-corrected chi connectivity index (χ1v) is 8.62. The SMILES string of the molecule is OC(CSc1ccccc1Br)Cc1cc(F)cc(Br)c1. The van der Waals surface area contributed by atoms with E-state index in [1.54, 1.807) is 11.8 Å². The van der Waals surface area contributed by atoms with Gasteiger partial charge in [0.1, 0.15) is 5.82 Å². The van der Waals surface area contributed by atoms with Crippen LogP contribution in [0.3, 0.4) is 0 Å². The highest BCUT2D eigenvalue weighted by molar-refractivity contribution is 9.10. The Morgan fingerprint density at radius 2 is 1.90 bits per heavy atom. The van der Waals surface area contributed by atoms with Gasteiger partial charge in [0.15, 0.2) is 0 Å². The van der Waals surface area contributed by atoms with Crippen molar-refractivity contribution < 1.29 is 9.50 Å². The van der Waals surface area contributed by atoms with Gasteiger partial charge in [-0.2, -0.15) is 0 Å². The molecule has 0 aliphatic heterocycles. The Labute approximate surface area is 138 Å². The molecule has 0 aromatic heterocycles. The minimum Gasteiger partial charge on any atom is -0.392 e. The van der Waals surface area contributed by atoms with Gasteiger partial charge in [-0.15, -0.1) is 11.8 Å². The lowest BCUT2D eigenvalue weighted by atomic mass is 10.1. The fraction of sp³-hybridized carbons (Fsp3) is 0.200. The molecule has 0 heterocycles. The number of aliphatic hydroxyl groups excluding tert-OH is 1. The van der Waals surface area contributed by atoms with Gasteiger partial charge in [-0.3, -0.25) is 0 Å². The fourth-order valence-corrected chi connectivity index (χ4v) is 3.82. The van der Waals surface area contributed by atoms with E-state index < -0.39 is 6.10 Å².